The molecule has 0 nitrogen and oxygen atoms in total. The summed E-state index contributed by atoms with van der Waals surface area (Å²) in [7, 11) is 0. The lowest BCUT2D eigenvalue weighted by Gasteiger charge is -1.97. The van der Waals surface area contributed by atoms with Crippen molar-refractivity contribution < 1.29 is 0 Å². The lowest BCUT2D eigenvalue weighted by Crippen LogP contribution is -1.88. The van der Waals surface area contributed by atoms with E-state index in [0.717, 1.165) is 5.75 Å². The lowest BCUT2D eigenvalue weighted by molar-refractivity contribution is 1.49. The molecule has 0 bridgehead atoms. The highest BCUT2D eigenvalue weighted by molar-refractivity contribution is 8.04. The number of thioether (sulfide) groups is 3. The van der Waals surface area contributed by atoms with Crippen molar-refractivity contribution in [1.82, 2.24) is 0 Å². The summed E-state index contributed by atoms with van der Waals surface area (Å²) in [5.41, 5.74) is 0. The van der Waals surface area contributed by atoms with E-state index in [-0.39, 0.29) is 0 Å². The second-order valence-electron chi connectivity index (χ2n) is 1.63. The number of hydrogen-bond donors (Lipinski definition) is 0. The molecule has 0 aromatic carbocycles. The van der Waals surface area contributed by atoms with Gasteiger partial charge in [-0.2, -0.15) is 35.3 Å². The number of hydrogen-bond acceptors (Lipinski definition) is 3. The lowest BCUT2D eigenvalue weighted by atomic mass is 10.9. The van der Waals surface area contributed by atoms with Crippen LogP contribution in [0, 0.1) is 13.2 Å². The van der Waals surface area contributed by atoms with Crippen LogP contribution in [-0.2, 0) is 0 Å². The van der Waals surface area contributed by atoms with E-state index in [2.05, 4.69) is 13.2 Å². The van der Waals surface area contributed by atoms with Gasteiger partial charge in [0.1, 0.15) is 0 Å². The molecule has 0 heterocycles. The van der Waals surface area contributed by atoms with E-state index in [9.17, 15) is 0 Å². The first-order valence-corrected chi connectivity index (χ1v) is 6.70. The second-order valence-corrected chi connectivity index (χ2v) is 4.90. The minimum absolute atomic E-state index is 1.00. The molecule has 0 amide bonds. The molecular weight excluding hydrogens is 180 g/mol. The van der Waals surface area contributed by atoms with Gasteiger partial charge in [0, 0.05) is 29.3 Å². The molecule has 0 aromatic rings. The van der Waals surface area contributed by atoms with E-state index in [4.69, 9.17) is 0 Å². The van der Waals surface area contributed by atoms with Crippen molar-refractivity contribution in [3.63, 3.8) is 0 Å². The van der Waals surface area contributed by atoms with Crippen LogP contribution in [-0.4, -0.2) is 28.8 Å². The molecule has 0 aliphatic heterocycles. The van der Waals surface area contributed by atoms with Crippen LogP contribution >= 0.6 is 35.3 Å². The van der Waals surface area contributed by atoms with Gasteiger partial charge in [-0.05, 0) is 12.7 Å². The van der Waals surface area contributed by atoms with Gasteiger partial charge in [0.15, 0.2) is 0 Å². The number of rotatable bonds is 7. The Kier molecular flexibility index (Phi) is 11.1. The Morgan fingerprint density at radius 2 is 1.50 bits per heavy atom. The van der Waals surface area contributed by atoms with Crippen LogP contribution in [0.25, 0.3) is 0 Å². The van der Waals surface area contributed by atoms with Crippen molar-refractivity contribution in [2.45, 2.75) is 0 Å². The zero-order valence-corrected chi connectivity index (χ0v) is 8.62. The van der Waals surface area contributed by atoms with Crippen LogP contribution in [0.15, 0.2) is 0 Å². The molecular formula is C7H14S3. The molecule has 0 aliphatic carbocycles. The standard InChI is InChI=1S/C7H14S3/c1-3-9-6-7-10-5-4-8-2/h1-7H2. The van der Waals surface area contributed by atoms with Crippen molar-refractivity contribution in [3.8, 4) is 0 Å². The summed E-state index contributed by atoms with van der Waals surface area (Å²) < 4.78 is 0. The molecule has 0 unspecified atom stereocenters. The summed E-state index contributed by atoms with van der Waals surface area (Å²) >= 11 is 5.60. The highest BCUT2D eigenvalue weighted by atomic mass is 32.2. The molecule has 0 N–H and O–H groups in total. The van der Waals surface area contributed by atoms with Crippen LogP contribution in [0.4, 0.5) is 0 Å². The van der Waals surface area contributed by atoms with Crippen molar-refractivity contribution in [3.05, 3.63) is 13.2 Å². The second kappa shape index (κ2) is 10.0. The summed E-state index contributed by atoms with van der Waals surface area (Å²) in [6.07, 6.45) is 3.71. The summed E-state index contributed by atoms with van der Waals surface area (Å²) in [6.45, 7) is 3.76. The Labute approximate surface area is 77.3 Å². The van der Waals surface area contributed by atoms with E-state index in [0.29, 0.717) is 0 Å². The first-order chi connectivity index (χ1) is 4.91. The van der Waals surface area contributed by atoms with Gasteiger partial charge >= 0.3 is 0 Å². The third-order valence-corrected chi connectivity index (χ3v) is 3.67. The average Bonchev–Trinajstić information content (AvgIpc) is 1.97. The molecule has 0 aromatic heterocycles. The van der Waals surface area contributed by atoms with Crippen molar-refractivity contribution in [2.24, 2.45) is 0 Å². The first-order valence-electron chi connectivity index (χ1n) is 3.23. The molecule has 0 rings (SSSR count). The predicted molar refractivity (Wildman–Crippen MR) is 57.8 cm³/mol. The molecule has 0 aliphatic rings. The molecule has 0 spiro atoms. The fourth-order valence-electron chi connectivity index (χ4n) is 0.440. The molecule has 2 radical (unpaired) electrons. The van der Waals surface area contributed by atoms with Gasteiger partial charge in [-0.3, -0.25) is 0 Å². The summed E-state index contributed by atoms with van der Waals surface area (Å²) in [6, 6.07) is 0. The van der Waals surface area contributed by atoms with E-state index >= 15 is 0 Å². The van der Waals surface area contributed by atoms with E-state index < -0.39 is 0 Å². The zero-order chi connectivity index (χ0) is 7.66. The highest BCUT2D eigenvalue weighted by Gasteiger charge is 1.87. The van der Waals surface area contributed by atoms with Crippen LogP contribution in [0.1, 0.15) is 0 Å². The Balaban J connectivity index is 2.65. The SMILES string of the molecule is [CH2]CSCCSCCS[CH2]. The average molecular weight is 194 g/mol. The van der Waals surface area contributed by atoms with Gasteiger partial charge in [0.05, 0.1) is 0 Å². The highest BCUT2D eigenvalue weighted by Crippen LogP contribution is 2.08. The van der Waals surface area contributed by atoms with Crippen molar-refractivity contribution in [1.29, 1.82) is 0 Å². The van der Waals surface area contributed by atoms with Crippen LogP contribution in [0.3, 0.4) is 0 Å². The largest absolute Gasteiger partial charge is 0.161 e. The Morgan fingerprint density at radius 3 is 2.10 bits per heavy atom. The van der Waals surface area contributed by atoms with Crippen LogP contribution < -0.4 is 0 Å². The van der Waals surface area contributed by atoms with E-state index in [1.807, 2.05) is 23.5 Å². The van der Waals surface area contributed by atoms with Gasteiger partial charge in [0.2, 0.25) is 0 Å². The van der Waals surface area contributed by atoms with Crippen LogP contribution in [0.2, 0.25) is 0 Å². The fourth-order valence-corrected chi connectivity index (χ4v) is 2.73. The van der Waals surface area contributed by atoms with Gasteiger partial charge in [-0.15, -0.1) is 0 Å². The Morgan fingerprint density at radius 1 is 0.900 bits per heavy atom. The quantitative estimate of drug-likeness (QED) is 0.572. The maximum atomic E-state index is 3.76. The normalized spacial score (nSPS) is 10.2. The minimum Gasteiger partial charge on any atom is -0.161 e. The zero-order valence-electron chi connectivity index (χ0n) is 6.17. The molecule has 0 fully saturated rings. The van der Waals surface area contributed by atoms with Gasteiger partial charge in [-0.25, -0.2) is 0 Å². The Hall–Kier alpha value is 1.05. The molecule has 0 saturated carbocycles. The minimum atomic E-state index is 1.00. The smallest absolute Gasteiger partial charge is 0.00238 e. The maximum Gasteiger partial charge on any atom is 0.00238 e. The predicted octanol–water partition coefficient (Wildman–Crippen LogP) is 2.81. The first kappa shape index (κ1) is 11.1. The summed E-state index contributed by atoms with van der Waals surface area (Å²) in [4.78, 5) is 0. The summed E-state index contributed by atoms with van der Waals surface area (Å²) in [5, 5.41) is 0. The van der Waals surface area contributed by atoms with Gasteiger partial charge in [0.25, 0.3) is 0 Å². The van der Waals surface area contributed by atoms with Crippen molar-refractivity contribution in [2.75, 3.05) is 28.8 Å². The monoisotopic (exact) mass is 194 g/mol. The Bertz CT molecular complexity index is 48.8. The molecule has 0 saturated heterocycles. The third kappa shape index (κ3) is 9.05. The molecule has 0 atom stereocenters. The molecule has 60 valence electrons. The topological polar surface area (TPSA) is 0 Å². The summed E-state index contributed by atoms with van der Waals surface area (Å²) in [5.74, 6) is 5.94. The van der Waals surface area contributed by atoms with E-state index in [1.165, 1.54) is 23.0 Å². The van der Waals surface area contributed by atoms with Gasteiger partial charge in [-0.1, -0.05) is 0 Å². The maximum absolute atomic E-state index is 3.76. The fraction of sp³-hybridized carbons (Fsp3) is 0.714. The molecule has 10 heavy (non-hydrogen) atoms. The van der Waals surface area contributed by atoms with Crippen molar-refractivity contribution >= 4 is 35.3 Å². The van der Waals surface area contributed by atoms with E-state index in [1.54, 1.807) is 11.8 Å². The molecule has 3 heteroatoms. The van der Waals surface area contributed by atoms with Gasteiger partial charge < -0.3 is 0 Å². The third-order valence-electron chi connectivity index (χ3n) is 0.888. The van der Waals surface area contributed by atoms with Crippen LogP contribution in [0.5, 0.6) is 0 Å².